The monoisotopic (exact) mass is 187 g/mol. The van der Waals surface area contributed by atoms with Crippen molar-refractivity contribution >= 4 is 22.9 Å². The lowest BCUT2D eigenvalue weighted by molar-refractivity contribution is 0.418. The molecule has 0 N–H and O–H groups in total. The molecule has 0 saturated heterocycles. The van der Waals surface area contributed by atoms with Crippen LogP contribution < -0.4 is 0 Å². The van der Waals surface area contributed by atoms with Crippen molar-refractivity contribution in [3.05, 3.63) is 16.1 Å². The van der Waals surface area contributed by atoms with Crippen LogP contribution in [-0.4, -0.2) is 4.98 Å². The van der Waals surface area contributed by atoms with Gasteiger partial charge in [0.25, 0.3) is 0 Å². The zero-order valence-electron chi connectivity index (χ0n) is 6.22. The van der Waals surface area contributed by atoms with Gasteiger partial charge >= 0.3 is 0 Å². The third-order valence-electron chi connectivity index (χ3n) is 2.16. The summed E-state index contributed by atoms with van der Waals surface area (Å²) in [5, 5.41) is 3.37. The van der Waals surface area contributed by atoms with Gasteiger partial charge in [0, 0.05) is 11.3 Å². The molecule has 1 aromatic rings. The van der Waals surface area contributed by atoms with Crippen molar-refractivity contribution in [2.24, 2.45) is 0 Å². The molecule has 0 atom stereocenters. The minimum absolute atomic E-state index is 0.559. The molecule has 1 fully saturated rings. The van der Waals surface area contributed by atoms with Gasteiger partial charge in [-0.3, -0.25) is 0 Å². The van der Waals surface area contributed by atoms with Crippen molar-refractivity contribution in [1.29, 1.82) is 0 Å². The van der Waals surface area contributed by atoms with Crippen molar-refractivity contribution in [2.75, 3.05) is 0 Å². The fourth-order valence-corrected chi connectivity index (χ4v) is 2.45. The van der Waals surface area contributed by atoms with Gasteiger partial charge in [-0.2, -0.15) is 0 Å². The van der Waals surface area contributed by atoms with Crippen LogP contribution in [-0.2, 0) is 5.88 Å². The Kier molecular flexibility index (Phi) is 2.14. The van der Waals surface area contributed by atoms with Crippen LogP contribution >= 0.6 is 22.9 Å². The number of nitrogens with zero attached hydrogens (tertiary/aromatic N) is 1. The quantitative estimate of drug-likeness (QED) is 0.649. The molecule has 0 bridgehead atoms. The second-order valence-electron chi connectivity index (χ2n) is 2.94. The lowest BCUT2D eigenvalue weighted by Crippen LogP contribution is -2.08. The molecular weight excluding hydrogens is 178 g/mol. The fourth-order valence-electron chi connectivity index (χ4n) is 1.23. The summed E-state index contributed by atoms with van der Waals surface area (Å²) in [6.07, 6.45) is 4.03. The highest BCUT2D eigenvalue weighted by Gasteiger charge is 2.22. The number of rotatable bonds is 2. The fraction of sp³-hybridized carbons (Fsp3) is 0.625. The van der Waals surface area contributed by atoms with E-state index in [1.54, 1.807) is 11.3 Å². The molecule has 0 amide bonds. The van der Waals surface area contributed by atoms with Crippen LogP contribution in [0.1, 0.15) is 35.9 Å². The van der Waals surface area contributed by atoms with Gasteiger partial charge in [-0.15, -0.1) is 22.9 Å². The minimum Gasteiger partial charge on any atom is -0.245 e. The van der Waals surface area contributed by atoms with Crippen LogP contribution in [0.3, 0.4) is 0 Å². The van der Waals surface area contributed by atoms with E-state index in [-0.39, 0.29) is 0 Å². The molecule has 1 aromatic heterocycles. The Hall–Kier alpha value is -0.0800. The van der Waals surface area contributed by atoms with Crippen molar-refractivity contribution in [3.8, 4) is 0 Å². The lowest BCUT2D eigenvalue weighted by atomic mass is 9.86. The topological polar surface area (TPSA) is 12.9 Å². The van der Waals surface area contributed by atoms with Crippen LogP contribution in [0.4, 0.5) is 0 Å². The van der Waals surface area contributed by atoms with Crippen molar-refractivity contribution in [1.82, 2.24) is 4.98 Å². The van der Waals surface area contributed by atoms with Crippen LogP contribution in [0.15, 0.2) is 5.38 Å². The van der Waals surface area contributed by atoms with E-state index >= 15 is 0 Å². The predicted molar refractivity (Wildman–Crippen MR) is 48.3 cm³/mol. The summed E-state index contributed by atoms with van der Waals surface area (Å²) < 4.78 is 0. The maximum atomic E-state index is 5.65. The van der Waals surface area contributed by atoms with E-state index in [0.717, 1.165) is 11.6 Å². The highest BCUT2D eigenvalue weighted by Crippen LogP contribution is 2.37. The lowest BCUT2D eigenvalue weighted by Gasteiger charge is -2.22. The van der Waals surface area contributed by atoms with Crippen molar-refractivity contribution < 1.29 is 0 Å². The van der Waals surface area contributed by atoms with Crippen molar-refractivity contribution in [2.45, 2.75) is 31.1 Å². The van der Waals surface area contributed by atoms with Gasteiger partial charge in [-0.25, -0.2) is 4.98 Å². The number of hydrogen-bond acceptors (Lipinski definition) is 2. The second kappa shape index (κ2) is 3.11. The third kappa shape index (κ3) is 1.42. The Morgan fingerprint density at radius 1 is 1.64 bits per heavy atom. The average Bonchev–Trinajstić information content (AvgIpc) is 2.32. The van der Waals surface area contributed by atoms with Gasteiger partial charge in [0.05, 0.1) is 16.6 Å². The predicted octanol–water partition coefficient (Wildman–Crippen LogP) is 3.15. The first-order chi connectivity index (χ1) is 5.40. The van der Waals surface area contributed by atoms with Gasteiger partial charge < -0.3 is 0 Å². The highest BCUT2D eigenvalue weighted by molar-refractivity contribution is 7.09. The molecule has 1 aliphatic carbocycles. The Labute approximate surface area is 75.4 Å². The maximum absolute atomic E-state index is 5.65. The summed E-state index contributed by atoms with van der Waals surface area (Å²) in [5.74, 6) is 1.32. The first kappa shape index (κ1) is 7.56. The zero-order valence-corrected chi connectivity index (χ0v) is 7.79. The third-order valence-corrected chi connectivity index (χ3v) is 3.49. The van der Waals surface area contributed by atoms with Gasteiger partial charge in [-0.05, 0) is 12.8 Å². The van der Waals surface area contributed by atoms with E-state index in [9.17, 15) is 0 Å². The van der Waals surface area contributed by atoms with E-state index in [4.69, 9.17) is 11.6 Å². The molecule has 0 spiro atoms. The van der Waals surface area contributed by atoms with Crippen LogP contribution in [0.25, 0.3) is 0 Å². The zero-order chi connectivity index (χ0) is 7.68. The van der Waals surface area contributed by atoms with E-state index < -0.39 is 0 Å². The van der Waals surface area contributed by atoms with Crippen LogP contribution in [0, 0.1) is 0 Å². The van der Waals surface area contributed by atoms with Crippen LogP contribution in [0.2, 0.25) is 0 Å². The molecular formula is C8H10ClNS. The summed E-state index contributed by atoms with van der Waals surface area (Å²) in [4.78, 5) is 4.44. The molecule has 0 aliphatic heterocycles. The van der Waals surface area contributed by atoms with Gasteiger partial charge in [0.1, 0.15) is 0 Å². The summed E-state index contributed by atoms with van der Waals surface area (Å²) in [7, 11) is 0. The summed E-state index contributed by atoms with van der Waals surface area (Å²) >= 11 is 7.41. The molecule has 1 saturated carbocycles. The van der Waals surface area contributed by atoms with Crippen molar-refractivity contribution in [3.63, 3.8) is 0 Å². The molecule has 2 rings (SSSR count). The molecule has 0 radical (unpaired) electrons. The standard InChI is InChI=1S/C8H10ClNS/c9-4-7-5-11-8(10-7)6-2-1-3-6/h5-6H,1-4H2. The van der Waals surface area contributed by atoms with Crippen LogP contribution in [0.5, 0.6) is 0 Å². The SMILES string of the molecule is ClCc1csc(C2CCC2)n1. The number of hydrogen-bond donors (Lipinski definition) is 0. The first-order valence-electron chi connectivity index (χ1n) is 3.90. The molecule has 60 valence electrons. The summed E-state index contributed by atoms with van der Waals surface area (Å²) in [5.41, 5.74) is 1.04. The number of aromatic nitrogens is 1. The average molecular weight is 188 g/mol. The molecule has 11 heavy (non-hydrogen) atoms. The Bertz CT molecular complexity index is 242. The Morgan fingerprint density at radius 2 is 2.45 bits per heavy atom. The van der Waals surface area contributed by atoms with Gasteiger partial charge in [-0.1, -0.05) is 6.42 Å². The van der Waals surface area contributed by atoms with E-state index in [1.807, 2.05) is 0 Å². The van der Waals surface area contributed by atoms with E-state index in [1.165, 1.54) is 24.3 Å². The molecule has 1 nitrogen and oxygen atoms in total. The number of halogens is 1. The largest absolute Gasteiger partial charge is 0.245 e. The Morgan fingerprint density at radius 3 is 2.91 bits per heavy atom. The molecule has 0 unspecified atom stereocenters. The first-order valence-corrected chi connectivity index (χ1v) is 5.32. The maximum Gasteiger partial charge on any atom is 0.0959 e. The number of alkyl halides is 1. The van der Waals surface area contributed by atoms with E-state index in [0.29, 0.717) is 5.88 Å². The smallest absolute Gasteiger partial charge is 0.0959 e. The normalized spacial score (nSPS) is 18.3. The highest BCUT2D eigenvalue weighted by atomic mass is 35.5. The minimum atomic E-state index is 0.559. The molecule has 1 heterocycles. The van der Waals surface area contributed by atoms with E-state index in [2.05, 4.69) is 10.4 Å². The number of thiazole rings is 1. The molecule has 0 aromatic carbocycles. The van der Waals surface area contributed by atoms with Gasteiger partial charge in [0.15, 0.2) is 0 Å². The Balaban J connectivity index is 2.11. The summed E-state index contributed by atoms with van der Waals surface area (Å²) in [6, 6.07) is 0. The summed E-state index contributed by atoms with van der Waals surface area (Å²) in [6.45, 7) is 0. The van der Waals surface area contributed by atoms with Gasteiger partial charge in [0.2, 0.25) is 0 Å². The molecule has 1 aliphatic rings. The second-order valence-corrected chi connectivity index (χ2v) is 4.10. The molecule has 3 heteroatoms.